The van der Waals surface area contributed by atoms with E-state index in [1.807, 2.05) is 19.2 Å². The minimum atomic E-state index is -0.112. The Bertz CT molecular complexity index is 645. The number of aromatic nitrogens is 1. The Labute approximate surface area is 160 Å². The van der Waals surface area contributed by atoms with Crippen LogP contribution in [0.5, 0.6) is 0 Å². The highest BCUT2D eigenvalue weighted by molar-refractivity contribution is 5.94. The van der Waals surface area contributed by atoms with E-state index >= 15 is 0 Å². The standard InChI is InChI=1S/C19H29N5O3/c1-20-18(25)11-15-4-5-16(23(15)2)13-22-19(26)14-3-6-17(21-12-14)24-7-9-27-10-8-24/h3,6,12,15-16H,4-5,7-11,13H2,1-2H3,(H,20,25)(H,22,26)/t15-,16+/m1/s1. The summed E-state index contributed by atoms with van der Waals surface area (Å²) < 4.78 is 5.35. The van der Waals surface area contributed by atoms with Crippen LogP contribution in [-0.4, -0.2) is 80.7 Å². The number of likely N-dealkylation sites (tertiary alicyclic amines) is 1. The second-order valence-corrected chi connectivity index (χ2v) is 7.14. The van der Waals surface area contributed by atoms with Crippen LogP contribution in [0, 0.1) is 0 Å². The number of anilines is 1. The number of likely N-dealkylation sites (N-methyl/N-ethyl adjacent to an activating group) is 1. The van der Waals surface area contributed by atoms with E-state index in [-0.39, 0.29) is 23.9 Å². The van der Waals surface area contributed by atoms with Gasteiger partial charge in [-0.3, -0.25) is 14.5 Å². The van der Waals surface area contributed by atoms with Gasteiger partial charge in [-0.25, -0.2) is 4.98 Å². The maximum Gasteiger partial charge on any atom is 0.252 e. The van der Waals surface area contributed by atoms with Crippen molar-refractivity contribution in [3.63, 3.8) is 0 Å². The molecular weight excluding hydrogens is 346 g/mol. The predicted octanol–water partition coefficient (Wildman–Crippen LogP) is 0.247. The van der Waals surface area contributed by atoms with Crippen molar-refractivity contribution in [1.29, 1.82) is 0 Å². The first-order chi connectivity index (χ1) is 13.1. The van der Waals surface area contributed by atoms with Gasteiger partial charge < -0.3 is 20.3 Å². The van der Waals surface area contributed by atoms with E-state index in [2.05, 4.69) is 25.4 Å². The summed E-state index contributed by atoms with van der Waals surface area (Å²) in [7, 11) is 3.68. The van der Waals surface area contributed by atoms with E-state index in [4.69, 9.17) is 4.74 Å². The van der Waals surface area contributed by atoms with Crippen molar-refractivity contribution in [2.45, 2.75) is 31.3 Å². The normalized spacial score (nSPS) is 23.3. The molecule has 8 heteroatoms. The topological polar surface area (TPSA) is 86.8 Å². The molecular formula is C19H29N5O3. The average molecular weight is 375 g/mol. The van der Waals surface area contributed by atoms with Crippen LogP contribution < -0.4 is 15.5 Å². The number of carbonyl (C=O) groups excluding carboxylic acids is 2. The first-order valence-corrected chi connectivity index (χ1v) is 9.58. The lowest BCUT2D eigenvalue weighted by Crippen LogP contribution is -2.42. The molecule has 3 heterocycles. The van der Waals surface area contributed by atoms with E-state index < -0.39 is 0 Å². The molecule has 0 saturated carbocycles. The molecule has 8 nitrogen and oxygen atoms in total. The summed E-state index contributed by atoms with van der Waals surface area (Å²) in [6.07, 6.45) is 4.09. The van der Waals surface area contributed by atoms with Crippen LogP contribution in [0.25, 0.3) is 0 Å². The van der Waals surface area contributed by atoms with E-state index in [0.717, 1.165) is 31.7 Å². The van der Waals surface area contributed by atoms with E-state index in [0.29, 0.717) is 31.7 Å². The zero-order valence-electron chi connectivity index (χ0n) is 16.1. The highest BCUT2D eigenvalue weighted by atomic mass is 16.5. The molecule has 2 N–H and O–H groups in total. The molecule has 2 aliphatic rings. The predicted molar refractivity (Wildman–Crippen MR) is 103 cm³/mol. The van der Waals surface area contributed by atoms with Crippen molar-refractivity contribution in [3.05, 3.63) is 23.9 Å². The van der Waals surface area contributed by atoms with Gasteiger partial charge in [0.15, 0.2) is 0 Å². The molecule has 2 atom stereocenters. The minimum Gasteiger partial charge on any atom is -0.378 e. The number of hydrogen-bond acceptors (Lipinski definition) is 6. The van der Waals surface area contributed by atoms with Gasteiger partial charge >= 0.3 is 0 Å². The third-order valence-corrected chi connectivity index (χ3v) is 5.53. The van der Waals surface area contributed by atoms with Crippen LogP contribution in [0.1, 0.15) is 29.6 Å². The number of amides is 2. The molecule has 2 saturated heterocycles. The summed E-state index contributed by atoms with van der Waals surface area (Å²) in [6.45, 7) is 3.64. The average Bonchev–Trinajstić information content (AvgIpc) is 3.06. The number of rotatable bonds is 6. The largest absolute Gasteiger partial charge is 0.378 e. The molecule has 3 rings (SSSR count). The van der Waals surface area contributed by atoms with Gasteiger partial charge in [-0.1, -0.05) is 0 Å². The lowest BCUT2D eigenvalue weighted by Gasteiger charge is -2.27. The van der Waals surface area contributed by atoms with Crippen molar-refractivity contribution >= 4 is 17.6 Å². The van der Waals surface area contributed by atoms with Gasteiger partial charge in [-0.15, -0.1) is 0 Å². The van der Waals surface area contributed by atoms with Crippen molar-refractivity contribution in [1.82, 2.24) is 20.5 Å². The van der Waals surface area contributed by atoms with Crippen LogP contribution in [0.15, 0.2) is 18.3 Å². The summed E-state index contributed by atoms with van der Waals surface area (Å²) >= 11 is 0. The number of ether oxygens (including phenoxy) is 1. The first kappa shape index (κ1) is 19.6. The van der Waals surface area contributed by atoms with Gasteiger partial charge in [-0.2, -0.15) is 0 Å². The van der Waals surface area contributed by atoms with Gasteiger partial charge in [0.25, 0.3) is 5.91 Å². The van der Waals surface area contributed by atoms with Crippen molar-refractivity contribution in [2.24, 2.45) is 0 Å². The van der Waals surface area contributed by atoms with Crippen molar-refractivity contribution < 1.29 is 14.3 Å². The second-order valence-electron chi connectivity index (χ2n) is 7.14. The summed E-state index contributed by atoms with van der Waals surface area (Å²) in [5.74, 6) is 0.824. The Hall–Kier alpha value is -2.19. The summed E-state index contributed by atoms with van der Waals surface area (Å²) in [6, 6.07) is 4.20. The highest BCUT2D eigenvalue weighted by Gasteiger charge is 2.31. The first-order valence-electron chi connectivity index (χ1n) is 9.58. The van der Waals surface area contributed by atoms with E-state index in [1.165, 1.54) is 0 Å². The van der Waals surface area contributed by atoms with Crippen LogP contribution in [0.2, 0.25) is 0 Å². The maximum atomic E-state index is 12.4. The zero-order chi connectivity index (χ0) is 19.2. The molecule has 0 aliphatic carbocycles. The number of carbonyl (C=O) groups is 2. The highest BCUT2D eigenvalue weighted by Crippen LogP contribution is 2.24. The molecule has 148 valence electrons. The number of nitrogens with one attached hydrogen (secondary N) is 2. The fraction of sp³-hybridized carbons (Fsp3) is 0.632. The molecule has 1 aromatic rings. The Morgan fingerprint density at radius 1 is 1.22 bits per heavy atom. The lowest BCUT2D eigenvalue weighted by molar-refractivity contribution is -0.121. The molecule has 0 unspecified atom stereocenters. The summed E-state index contributed by atoms with van der Waals surface area (Å²) in [4.78, 5) is 32.8. The third kappa shape index (κ3) is 4.95. The summed E-state index contributed by atoms with van der Waals surface area (Å²) in [5.41, 5.74) is 0.564. The quantitative estimate of drug-likeness (QED) is 0.741. The van der Waals surface area contributed by atoms with Gasteiger partial charge in [0.1, 0.15) is 5.82 Å². The molecule has 2 fully saturated rings. The lowest BCUT2D eigenvalue weighted by atomic mass is 10.1. The smallest absolute Gasteiger partial charge is 0.252 e. The Kier molecular flexibility index (Phi) is 6.63. The number of morpholine rings is 1. The molecule has 0 aromatic carbocycles. The number of hydrogen-bond donors (Lipinski definition) is 2. The molecule has 0 spiro atoms. The van der Waals surface area contributed by atoms with Crippen molar-refractivity contribution in [3.8, 4) is 0 Å². The summed E-state index contributed by atoms with van der Waals surface area (Å²) in [5, 5.41) is 5.68. The maximum absolute atomic E-state index is 12.4. The number of pyridine rings is 1. The Morgan fingerprint density at radius 2 is 1.96 bits per heavy atom. The molecule has 2 amide bonds. The Morgan fingerprint density at radius 3 is 2.63 bits per heavy atom. The van der Waals surface area contributed by atoms with Crippen LogP contribution in [0.3, 0.4) is 0 Å². The number of nitrogens with zero attached hydrogens (tertiary/aromatic N) is 3. The molecule has 0 bridgehead atoms. The fourth-order valence-electron chi connectivity index (χ4n) is 3.71. The van der Waals surface area contributed by atoms with E-state index in [1.54, 1.807) is 13.2 Å². The van der Waals surface area contributed by atoms with Crippen LogP contribution in [0.4, 0.5) is 5.82 Å². The minimum absolute atomic E-state index is 0.0583. The van der Waals surface area contributed by atoms with Gasteiger partial charge in [0, 0.05) is 51.4 Å². The molecule has 1 aromatic heterocycles. The molecule has 0 radical (unpaired) electrons. The fourth-order valence-corrected chi connectivity index (χ4v) is 3.71. The van der Waals surface area contributed by atoms with Gasteiger partial charge in [-0.05, 0) is 32.0 Å². The second kappa shape index (κ2) is 9.14. The SMILES string of the molecule is CNC(=O)C[C@H]1CC[C@@H](CNC(=O)c2ccc(N3CCOCC3)nc2)N1C. The molecule has 2 aliphatic heterocycles. The van der Waals surface area contributed by atoms with Gasteiger partial charge in [0.2, 0.25) is 5.91 Å². The van der Waals surface area contributed by atoms with Gasteiger partial charge in [0.05, 0.1) is 18.8 Å². The van der Waals surface area contributed by atoms with E-state index in [9.17, 15) is 9.59 Å². The third-order valence-electron chi connectivity index (χ3n) is 5.53. The van der Waals surface area contributed by atoms with Crippen LogP contribution in [-0.2, 0) is 9.53 Å². The zero-order valence-corrected chi connectivity index (χ0v) is 16.1. The molecule has 27 heavy (non-hydrogen) atoms. The Balaban J connectivity index is 1.48. The van der Waals surface area contributed by atoms with Crippen molar-refractivity contribution in [2.75, 3.05) is 51.8 Å². The monoisotopic (exact) mass is 375 g/mol. The van der Waals surface area contributed by atoms with Crippen LogP contribution >= 0.6 is 0 Å².